The molecular weight excluding hydrogens is 488 g/mol. The first-order valence-electron chi connectivity index (χ1n) is 13.3. The lowest BCUT2D eigenvalue weighted by Gasteiger charge is -2.46. The summed E-state index contributed by atoms with van der Waals surface area (Å²) in [5.74, 6) is -5.14. The van der Waals surface area contributed by atoms with E-state index in [1.807, 2.05) is 19.9 Å². The summed E-state index contributed by atoms with van der Waals surface area (Å²) in [6.07, 6.45) is 1.01. The van der Waals surface area contributed by atoms with Crippen molar-refractivity contribution in [2.75, 3.05) is 6.61 Å². The van der Waals surface area contributed by atoms with Crippen molar-refractivity contribution in [3.05, 3.63) is 45.0 Å². The molecule has 3 aliphatic rings. The van der Waals surface area contributed by atoms with Gasteiger partial charge in [-0.15, -0.1) is 0 Å². The lowest BCUT2D eigenvalue weighted by molar-refractivity contribution is -0.157. The molecule has 38 heavy (non-hydrogen) atoms. The van der Waals surface area contributed by atoms with Crippen molar-refractivity contribution in [2.45, 2.75) is 78.7 Å². The molecule has 0 aliphatic heterocycles. The molecule has 1 fully saturated rings. The minimum absolute atomic E-state index is 0.0196. The molecule has 0 bridgehead atoms. The van der Waals surface area contributed by atoms with E-state index in [1.54, 1.807) is 20.8 Å². The van der Waals surface area contributed by atoms with Crippen molar-refractivity contribution in [1.29, 1.82) is 0 Å². The van der Waals surface area contributed by atoms with Crippen LogP contribution in [-0.2, 0) is 36.8 Å². The quantitative estimate of drug-likeness (QED) is 0.289. The van der Waals surface area contributed by atoms with Gasteiger partial charge in [0.25, 0.3) is 0 Å². The average molecular weight is 525 g/mol. The average Bonchev–Trinajstić information content (AvgIpc) is 2.82. The summed E-state index contributed by atoms with van der Waals surface area (Å²) in [7, 11) is 0. The number of Topliss-reactive ketones (excluding diaryl/α,β-unsaturated/α-hetero) is 3. The number of ether oxygens (including phenoxy) is 1. The van der Waals surface area contributed by atoms with Crippen LogP contribution in [0.4, 0.5) is 0 Å². The summed E-state index contributed by atoms with van der Waals surface area (Å²) in [6.45, 7) is 10.5. The van der Waals surface area contributed by atoms with Crippen LogP contribution in [0.15, 0.2) is 22.8 Å². The highest BCUT2D eigenvalue weighted by Gasteiger charge is 2.60. The molecule has 1 aromatic carbocycles. The molecule has 4 atom stereocenters. The maximum Gasteiger partial charge on any atom is 0.308 e. The summed E-state index contributed by atoms with van der Waals surface area (Å²) in [4.78, 5) is 51.6. The zero-order valence-electron chi connectivity index (χ0n) is 22.8. The molecule has 0 amide bonds. The number of fused-ring (bicyclic) bond motifs is 3. The van der Waals surface area contributed by atoms with Crippen molar-refractivity contribution in [1.82, 2.24) is 0 Å². The number of carbonyl (C=O) groups excluding carboxylic acids is 4. The van der Waals surface area contributed by atoms with E-state index in [0.29, 0.717) is 23.1 Å². The molecule has 0 radical (unpaired) electrons. The highest BCUT2D eigenvalue weighted by Crippen LogP contribution is 2.53. The van der Waals surface area contributed by atoms with Gasteiger partial charge >= 0.3 is 5.97 Å². The first-order chi connectivity index (χ1) is 17.7. The molecule has 204 valence electrons. The summed E-state index contributed by atoms with van der Waals surface area (Å²) < 4.78 is 5.11. The number of aliphatic hydroxyl groups excluding tert-OH is 1. The smallest absolute Gasteiger partial charge is 0.308 e. The van der Waals surface area contributed by atoms with E-state index in [0.717, 1.165) is 5.56 Å². The topological polar surface area (TPSA) is 138 Å². The van der Waals surface area contributed by atoms with Crippen molar-refractivity contribution >= 4 is 29.1 Å². The number of aliphatic hydroxyl groups is 2. The predicted octanol–water partition coefficient (Wildman–Crippen LogP) is 3.90. The Morgan fingerprint density at radius 3 is 2.37 bits per heavy atom. The number of aromatic hydroxyl groups is 1. The van der Waals surface area contributed by atoms with Gasteiger partial charge in [0.1, 0.15) is 11.5 Å². The fourth-order valence-electron chi connectivity index (χ4n) is 6.55. The Labute approximate surface area is 222 Å². The van der Waals surface area contributed by atoms with Crippen molar-refractivity contribution in [2.24, 2.45) is 17.8 Å². The maximum atomic E-state index is 13.8. The van der Waals surface area contributed by atoms with Crippen LogP contribution >= 0.6 is 0 Å². The monoisotopic (exact) mass is 524 g/mol. The number of rotatable bonds is 6. The third-order valence-electron chi connectivity index (χ3n) is 8.36. The van der Waals surface area contributed by atoms with Crippen molar-refractivity contribution in [3.63, 3.8) is 0 Å². The van der Waals surface area contributed by atoms with Crippen molar-refractivity contribution < 1.29 is 39.2 Å². The summed E-state index contributed by atoms with van der Waals surface area (Å²) in [5, 5.41) is 34.3. The Bertz CT molecular complexity index is 1310. The van der Waals surface area contributed by atoms with Crippen LogP contribution in [0.2, 0.25) is 0 Å². The molecule has 8 heteroatoms. The lowest BCUT2D eigenvalue weighted by atomic mass is 9.57. The number of phenolic OH excluding ortho intramolecular Hbond substituents is 1. The molecule has 0 heterocycles. The van der Waals surface area contributed by atoms with E-state index >= 15 is 0 Å². The number of esters is 1. The van der Waals surface area contributed by atoms with E-state index in [2.05, 4.69) is 0 Å². The van der Waals surface area contributed by atoms with Gasteiger partial charge in [-0.1, -0.05) is 32.4 Å². The Morgan fingerprint density at radius 2 is 1.79 bits per heavy atom. The Hall–Kier alpha value is -3.26. The molecule has 3 N–H and O–H groups in total. The molecule has 4 rings (SSSR count). The summed E-state index contributed by atoms with van der Waals surface area (Å²) in [6, 6.07) is 1.85. The second-order valence-electron chi connectivity index (χ2n) is 11.3. The van der Waals surface area contributed by atoms with Crippen LogP contribution in [0.25, 0.3) is 5.76 Å². The second kappa shape index (κ2) is 9.80. The molecule has 0 spiro atoms. The lowest BCUT2D eigenvalue weighted by Crippen LogP contribution is -2.61. The first kappa shape index (κ1) is 27.8. The van der Waals surface area contributed by atoms with Gasteiger partial charge in [-0.2, -0.15) is 0 Å². The van der Waals surface area contributed by atoms with Crippen LogP contribution in [0.3, 0.4) is 0 Å². The minimum atomic E-state index is -2.44. The van der Waals surface area contributed by atoms with E-state index < -0.39 is 52.4 Å². The normalized spacial score (nSPS) is 25.7. The number of benzene rings is 1. The van der Waals surface area contributed by atoms with Crippen LogP contribution in [-0.4, -0.2) is 50.8 Å². The molecule has 4 unspecified atom stereocenters. The third kappa shape index (κ3) is 4.10. The zero-order valence-corrected chi connectivity index (χ0v) is 22.8. The fraction of sp³-hybridized carbons (Fsp3) is 0.533. The second-order valence-corrected chi connectivity index (χ2v) is 11.3. The van der Waals surface area contributed by atoms with Crippen LogP contribution in [0, 0.1) is 17.8 Å². The van der Waals surface area contributed by atoms with Crippen LogP contribution in [0.5, 0.6) is 5.75 Å². The van der Waals surface area contributed by atoms with E-state index in [1.165, 1.54) is 6.92 Å². The third-order valence-corrected chi connectivity index (χ3v) is 8.36. The molecule has 8 nitrogen and oxygen atoms in total. The van der Waals surface area contributed by atoms with Gasteiger partial charge < -0.3 is 20.1 Å². The summed E-state index contributed by atoms with van der Waals surface area (Å²) in [5.41, 5.74) is 0.00382. The number of allylic oxidation sites excluding steroid dienone is 1. The van der Waals surface area contributed by atoms with Gasteiger partial charge in [0.2, 0.25) is 11.6 Å². The Kier molecular flexibility index (Phi) is 7.16. The fourth-order valence-corrected chi connectivity index (χ4v) is 6.55. The van der Waals surface area contributed by atoms with Gasteiger partial charge in [-0.05, 0) is 75.0 Å². The number of ketones is 3. The van der Waals surface area contributed by atoms with E-state index in [-0.39, 0.29) is 54.2 Å². The molecule has 3 aliphatic carbocycles. The minimum Gasteiger partial charge on any atom is -0.507 e. The highest BCUT2D eigenvalue weighted by molar-refractivity contribution is 6.33. The Balaban J connectivity index is 1.87. The number of hydrogen-bond acceptors (Lipinski definition) is 8. The zero-order chi connectivity index (χ0) is 28.3. The van der Waals surface area contributed by atoms with Gasteiger partial charge in [0.15, 0.2) is 11.4 Å². The summed E-state index contributed by atoms with van der Waals surface area (Å²) >= 11 is 0. The van der Waals surface area contributed by atoms with Crippen LogP contribution in [0.1, 0.15) is 82.6 Å². The van der Waals surface area contributed by atoms with Gasteiger partial charge in [0, 0.05) is 11.5 Å². The number of phenols is 1. The molecule has 0 saturated heterocycles. The van der Waals surface area contributed by atoms with Gasteiger partial charge in [0.05, 0.1) is 23.7 Å². The SMILES string of the molecule is CCOC(=O)C(C)Cc1cc(C(C)C)c2c(c1O)C(O)=C1C(=O)C3(O)C(=O)C(C(C)=O)=C(C)CC3CC1C2. The Morgan fingerprint density at radius 1 is 1.13 bits per heavy atom. The molecule has 1 saturated carbocycles. The maximum absolute atomic E-state index is 13.8. The van der Waals surface area contributed by atoms with Crippen molar-refractivity contribution in [3.8, 4) is 5.75 Å². The number of hydrogen-bond donors (Lipinski definition) is 3. The van der Waals surface area contributed by atoms with E-state index in [4.69, 9.17) is 4.74 Å². The molecular formula is C30H36O8. The molecule has 0 aromatic heterocycles. The standard InChI is InChI=1S/C30H36O8/c1-7-38-29(36)15(5)8-18-12-20(13(2)3)21-11-17-10-19-9-14(4)22(16(6)31)27(34)30(19,37)28(35)23(17)26(33)24(21)25(18)32/h12-13,15,17,19,32-33,37H,7-11H2,1-6H3. The molecule has 1 aromatic rings. The highest BCUT2D eigenvalue weighted by atomic mass is 16.5. The number of carbonyl (C=O) groups is 4. The first-order valence-corrected chi connectivity index (χ1v) is 13.3. The largest absolute Gasteiger partial charge is 0.507 e. The van der Waals surface area contributed by atoms with E-state index in [9.17, 15) is 34.5 Å². The van der Waals surface area contributed by atoms with Crippen LogP contribution < -0.4 is 0 Å². The predicted molar refractivity (Wildman–Crippen MR) is 140 cm³/mol. The van der Waals surface area contributed by atoms with Gasteiger partial charge in [-0.3, -0.25) is 19.2 Å². The van der Waals surface area contributed by atoms with Gasteiger partial charge in [-0.25, -0.2) is 0 Å².